The Bertz CT molecular complexity index is 541. The Balaban J connectivity index is 2.26. The number of hydrogen-bond acceptors (Lipinski definition) is 3. The van der Waals surface area contributed by atoms with Crippen molar-refractivity contribution in [3.8, 4) is 0 Å². The number of piperazine rings is 1. The van der Waals surface area contributed by atoms with Crippen LogP contribution in [0.15, 0.2) is 24.3 Å². The minimum absolute atomic E-state index is 0.0555. The Hall–Kier alpha value is -2.37. The summed E-state index contributed by atoms with van der Waals surface area (Å²) in [5.74, 6) is -1.61. The average molecular weight is 262 g/mol. The van der Waals surface area contributed by atoms with Gasteiger partial charge in [0.15, 0.2) is 0 Å². The third-order valence-electron chi connectivity index (χ3n) is 3.12. The molecule has 100 valence electrons. The molecule has 6 nitrogen and oxygen atoms in total. The summed E-state index contributed by atoms with van der Waals surface area (Å²) < 4.78 is 0. The average Bonchev–Trinajstić information content (AvgIpc) is 2.41. The van der Waals surface area contributed by atoms with Gasteiger partial charge in [-0.05, 0) is 25.1 Å². The molecular weight excluding hydrogens is 248 g/mol. The minimum Gasteiger partial charge on any atom is -0.478 e. The number of carboxylic acids is 1. The standard InChI is InChI=1S/C13H14N2O4/c1-8-11(16)14-5-6-15(8)12(17)9-3-2-4-10(7-9)13(18)19/h2-4,7-8H,5-6H2,1H3,(H,14,16)(H,18,19). The summed E-state index contributed by atoms with van der Waals surface area (Å²) in [7, 11) is 0. The van der Waals surface area contributed by atoms with E-state index < -0.39 is 12.0 Å². The molecule has 1 aliphatic rings. The lowest BCUT2D eigenvalue weighted by Gasteiger charge is -2.32. The van der Waals surface area contributed by atoms with Crippen molar-refractivity contribution >= 4 is 17.8 Å². The summed E-state index contributed by atoms with van der Waals surface area (Å²) in [6.07, 6.45) is 0. The van der Waals surface area contributed by atoms with Crippen molar-refractivity contribution in [1.82, 2.24) is 10.2 Å². The Labute approximate surface area is 110 Å². The highest BCUT2D eigenvalue weighted by atomic mass is 16.4. The molecule has 1 unspecified atom stereocenters. The first-order valence-corrected chi connectivity index (χ1v) is 5.92. The molecule has 2 amide bonds. The number of aromatic carboxylic acids is 1. The Morgan fingerprint density at radius 1 is 1.37 bits per heavy atom. The van der Waals surface area contributed by atoms with Gasteiger partial charge in [0, 0.05) is 18.7 Å². The molecule has 2 rings (SSSR count). The fraction of sp³-hybridized carbons (Fsp3) is 0.308. The first-order valence-electron chi connectivity index (χ1n) is 5.92. The van der Waals surface area contributed by atoms with Gasteiger partial charge < -0.3 is 15.3 Å². The van der Waals surface area contributed by atoms with Crippen molar-refractivity contribution in [1.29, 1.82) is 0 Å². The highest BCUT2D eigenvalue weighted by molar-refractivity contribution is 6.00. The smallest absolute Gasteiger partial charge is 0.335 e. The first-order chi connectivity index (χ1) is 9.00. The topological polar surface area (TPSA) is 86.7 Å². The summed E-state index contributed by atoms with van der Waals surface area (Å²) >= 11 is 0. The number of amides is 2. The zero-order chi connectivity index (χ0) is 14.0. The fourth-order valence-corrected chi connectivity index (χ4v) is 2.01. The van der Waals surface area contributed by atoms with Crippen LogP contribution in [-0.4, -0.2) is 46.9 Å². The number of nitrogens with one attached hydrogen (secondary N) is 1. The Morgan fingerprint density at radius 2 is 2.05 bits per heavy atom. The van der Waals surface area contributed by atoms with Gasteiger partial charge in [0.25, 0.3) is 5.91 Å². The molecule has 0 spiro atoms. The molecule has 0 radical (unpaired) electrons. The molecule has 0 bridgehead atoms. The maximum absolute atomic E-state index is 12.3. The molecule has 1 aliphatic heterocycles. The van der Waals surface area contributed by atoms with E-state index in [4.69, 9.17) is 5.11 Å². The lowest BCUT2D eigenvalue weighted by molar-refractivity contribution is -0.127. The number of rotatable bonds is 2. The van der Waals surface area contributed by atoms with Gasteiger partial charge in [-0.15, -0.1) is 0 Å². The van der Waals surface area contributed by atoms with Crippen molar-refractivity contribution in [2.75, 3.05) is 13.1 Å². The van der Waals surface area contributed by atoms with E-state index in [1.165, 1.54) is 23.1 Å². The molecule has 1 atom stereocenters. The largest absolute Gasteiger partial charge is 0.478 e. The van der Waals surface area contributed by atoms with E-state index in [1.54, 1.807) is 13.0 Å². The van der Waals surface area contributed by atoms with Gasteiger partial charge in [-0.1, -0.05) is 6.07 Å². The van der Waals surface area contributed by atoms with Gasteiger partial charge in [0.2, 0.25) is 5.91 Å². The SMILES string of the molecule is CC1C(=O)NCCN1C(=O)c1cccc(C(=O)O)c1. The highest BCUT2D eigenvalue weighted by Gasteiger charge is 2.29. The Kier molecular flexibility index (Phi) is 3.50. The first kappa shape index (κ1) is 13.1. The monoisotopic (exact) mass is 262 g/mol. The summed E-state index contributed by atoms with van der Waals surface area (Å²) in [6, 6.07) is 5.27. The number of benzene rings is 1. The van der Waals surface area contributed by atoms with Crippen molar-refractivity contribution in [2.24, 2.45) is 0 Å². The molecular formula is C13H14N2O4. The van der Waals surface area contributed by atoms with E-state index in [1.807, 2.05) is 0 Å². The molecule has 1 saturated heterocycles. The van der Waals surface area contributed by atoms with E-state index >= 15 is 0 Å². The van der Waals surface area contributed by atoms with E-state index in [-0.39, 0.29) is 22.9 Å². The molecule has 1 aromatic rings. The van der Waals surface area contributed by atoms with Crippen LogP contribution in [0.3, 0.4) is 0 Å². The number of carbonyl (C=O) groups is 3. The molecule has 6 heteroatoms. The van der Waals surface area contributed by atoms with E-state index in [0.29, 0.717) is 13.1 Å². The third kappa shape index (κ3) is 2.57. The summed E-state index contributed by atoms with van der Waals surface area (Å²) in [6.45, 7) is 2.48. The maximum Gasteiger partial charge on any atom is 0.335 e. The van der Waals surface area contributed by atoms with Crippen LogP contribution in [0.5, 0.6) is 0 Å². The Morgan fingerprint density at radius 3 is 2.74 bits per heavy atom. The van der Waals surface area contributed by atoms with E-state index in [0.717, 1.165) is 0 Å². The lowest BCUT2D eigenvalue weighted by Crippen LogP contribution is -2.55. The fourth-order valence-electron chi connectivity index (χ4n) is 2.01. The van der Waals surface area contributed by atoms with E-state index in [9.17, 15) is 14.4 Å². The molecule has 19 heavy (non-hydrogen) atoms. The van der Waals surface area contributed by atoms with Crippen LogP contribution in [0.1, 0.15) is 27.6 Å². The second-order valence-electron chi connectivity index (χ2n) is 4.35. The molecule has 1 aromatic carbocycles. The van der Waals surface area contributed by atoms with Gasteiger partial charge in [-0.2, -0.15) is 0 Å². The van der Waals surface area contributed by atoms with Gasteiger partial charge in [0.1, 0.15) is 6.04 Å². The predicted molar refractivity (Wildman–Crippen MR) is 66.9 cm³/mol. The summed E-state index contributed by atoms with van der Waals surface area (Å²) in [5, 5.41) is 11.6. The van der Waals surface area contributed by atoms with E-state index in [2.05, 4.69) is 5.32 Å². The van der Waals surface area contributed by atoms with Crippen LogP contribution in [0.2, 0.25) is 0 Å². The number of hydrogen-bond donors (Lipinski definition) is 2. The molecule has 0 aliphatic carbocycles. The highest BCUT2D eigenvalue weighted by Crippen LogP contribution is 2.13. The summed E-state index contributed by atoms with van der Waals surface area (Å²) in [5.41, 5.74) is 0.335. The molecule has 1 fully saturated rings. The van der Waals surface area contributed by atoms with Gasteiger partial charge in [-0.25, -0.2) is 4.79 Å². The molecule has 2 N–H and O–H groups in total. The number of nitrogens with zero attached hydrogens (tertiary/aromatic N) is 1. The van der Waals surface area contributed by atoms with Crippen LogP contribution < -0.4 is 5.32 Å². The summed E-state index contributed by atoms with van der Waals surface area (Å²) in [4.78, 5) is 36.1. The molecule has 1 heterocycles. The van der Waals surface area contributed by atoms with Gasteiger partial charge in [0.05, 0.1) is 5.56 Å². The lowest BCUT2D eigenvalue weighted by atomic mass is 10.1. The van der Waals surface area contributed by atoms with Gasteiger partial charge >= 0.3 is 5.97 Å². The van der Waals surface area contributed by atoms with Gasteiger partial charge in [-0.3, -0.25) is 9.59 Å². The third-order valence-corrected chi connectivity index (χ3v) is 3.12. The number of carbonyl (C=O) groups excluding carboxylic acids is 2. The quantitative estimate of drug-likeness (QED) is 0.805. The minimum atomic E-state index is -1.08. The predicted octanol–water partition coefficient (Wildman–Crippen LogP) is 0.345. The zero-order valence-electron chi connectivity index (χ0n) is 10.4. The van der Waals surface area contributed by atoms with Crippen LogP contribution >= 0.6 is 0 Å². The van der Waals surface area contributed by atoms with Crippen LogP contribution in [0.4, 0.5) is 0 Å². The second kappa shape index (κ2) is 5.09. The normalized spacial score (nSPS) is 18.9. The van der Waals surface area contributed by atoms with Crippen molar-refractivity contribution in [3.05, 3.63) is 35.4 Å². The van der Waals surface area contributed by atoms with Crippen molar-refractivity contribution in [2.45, 2.75) is 13.0 Å². The molecule has 0 saturated carbocycles. The zero-order valence-corrected chi connectivity index (χ0v) is 10.4. The van der Waals surface area contributed by atoms with Crippen molar-refractivity contribution < 1.29 is 19.5 Å². The molecule has 0 aromatic heterocycles. The maximum atomic E-state index is 12.3. The van der Waals surface area contributed by atoms with Crippen LogP contribution in [0.25, 0.3) is 0 Å². The van der Waals surface area contributed by atoms with Crippen molar-refractivity contribution in [3.63, 3.8) is 0 Å². The number of carboxylic acid groups (broad SMARTS) is 1. The van der Waals surface area contributed by atoms with Crippen LogP contribution in [-0.2, 0) is 4.79 Å². The van der Waals surface area contributed by atoms with Crippen LogP contribution in [0, 0.1) is 0 Å². The second-order valence-corrected chi connectivity index (χ2v) is 4.35.